The molecule has 1 fully saturated rings. The van der Waals surface area contributed by atoms with Gasteiger partial charge in [0.15, 0.2) is 29.4 Å². The van der Waals surface area contributed by atoms with Gasteiger partial charge >= 0.3 is 5.97 Å². The maximum Gasteiger partial charge on any atom is 0.309 e. The number of carboxylic acids is 1. The average Bonchev–Trinajstić information content (AvgIpc) is 3.55. The van der Waals surface area contributed by atoms with Crippen molar-refractivity contribution in [2.24, 2.45) is 5.92 Å². The van der Waals surface area contributed by atoms with Gasteiger partial charge in [-0.3, -0.25) is 14.6 Å². The fourth-order valence-electron chi connectivity index (χ4n) is 5.65. The second kappa shape index (κ2) is 12.6. The molecule has 38 heavy (non-hydrogen) atoms. The monoisotopic (exact) mass is 528 g/mol. The van der Waals surface area contributed by atoms with Crippen LogP contribution in [-0.2, 0) is 9.59 Å². The van der Waals surface area contributed by atoms with E-state index in [1.165, 1.54) is 19.2 Å². The minimum Gasteiger partial charge on any atom is -0.494 e. The number of nitrogens with zero attached hydrogens (tertiary/aromatic N) is 2. The van der Waals surface area contributed by atoms with Crippen molar-refractivity contribution in [2.45, 2.75) is 57.7 Å². The van der Waals surface area contributed by atoms with Crippen LogP contribution < -0.4 is 14.2 Å². The molecule has 9 heteroatoms. The molecule has 0 spiro atoms. The number of likely N-dealkylation sites (tertiary alicyclic amines) is 1. The van der Waals surface area contributed by atoms with Crippen molar-refractivity contribution in [3.8, 4) is 17.2 Å². The number of unbranched alkanes of at least 4 members (excludes halogenated alkanes) is 2. The highest BCUT2D eigenvalue weighted by Gasteiger charge is 2.50. The zero-order valence-corrected chi connectivity index (χ0v) is 22.3. The molecule has 2 aromatic rings. The van der Waals surface area contributed by atoms with Crippen LogP contribution in [0.1, 0.15) is 62.6 Å². The maximum atomic E-state index is 14.9. The van der Waals surface area contributed by atoms with Gasteiger partial charge in [0.25, 0.3) is 0 Å². The third kappa shape index (κ3) is 5.63. The molecule has 0 amide bonds. The number of aliphatic carboxylic acids is 1. The summed E-state index contributed by atoms with van der Waals surface area (Å²) in [5, 5.41) is 10.5. The molecule has 0 aromatic heterocycles. The van der Waals surface area contributed by atoms with Gasteiger partial charge in [-0.1, -0.05) is 38.8 Å². The number of aldehydes is 1. The number of carbonyl (C=O) groups is 2. The Bertz CT molecular complexity index is 1120. The standard InChI is InChI=1S/C29H37FN2O6/c1-4-6-12-31(13-7-5-2)26(17-33)32-16-21(19-8-11-24-25(15-19)38-18-37-24)27(29(34)35)28(32)20-9-10-23(36-3)22(30)14-20/h8-11,14-15,17,21,26-28H,4-7,12-13,16,18H2,1-3H3,(H,34,35). The van der Waals surface area contributed by atoms with E-state index >= 15 is 0 Å². The van der Waals surface area contributed by atoms with Crippen LogP contribution in [0, 0.1) is 11.7 Å². The molecule has 0 saturated carbocycles. The largest absolute Gasteiger partial charge is 0.494 e. The summed E-state index contributed by atoms with van der Waals surface area (Å²) in [5.41, 5.74) is 1.28. The summed E-state index contributed by atoms with van der Waals surface area (Å²) in [6.45, 7) is 6.06. The summed E-state index contributed by atoms with van der Waals surface area (Å²) >= 11 is 0. The van der Waals surface area contributed by atoms with Crippen LogP contribution in [0.4, 0.5) is 4.39 Å². The smallest absolute Gasteiger partial charge is 0.309 e. The number of ether oxygens (including phenoxy) is 3. The number of carboxylic acid groups (broad SMARTS) is 1. The molecule has 0 aliphatic carbocycles. The number of carbonyl (C=O) groups excluding carboxylic acids is 1. The lowest BCUT2D eigenvalue weighted by Gasteiger charge is -2.38. The Balaban J connectivity index is 1.80. The van der Waals surface area contributed by atoms with Crippen molar-refractivity contribution in [1.29, 1.82) is 0 Å². The van der Waals surface area contributed by atoms with Gasteiger partial charge in [-0.25, -0.2) is 4.39 Å². The van der Waals surface area contributed by atoms with E-state index in [2.05, 4.69) is 18.7 Å². The van der Waals surface area contributed by atoms with Gasteiger partial charge in [0.2, 0.25) is 6.79 Å². The normalized spacial score (nSPS) is 21.6. The SMILES string of the molecule is CCCCN(CCCC)C(C=O)N1CC(c2ccc3c(c2)OCO3)C(C(=O)O)C1c1ccc(OC)c(F)c1. The Morgan fingerprint density at radius 2 is 1.82 bits per heavy atom. The quantitative estimate of drug-likeness (QED) is 0.370. The maximum absolute atomic E-state index is 14.9. The molecule has 2 heterocycles. The average molecular weight is 529 g/mol. The van der Waals surface area contributed by atoms with Crippen LogP contribution in [0.15, 0.2) is 36.4 Å². The summed E-state index contributed by atoms with van der Waals surface area (Å²) in [6, 6.07) is 9.26. The van der Waals surface area contributed by atoms with Gasteiger partial charge in [-0.15, -0.1) is 0 Å². The topological polar surface area (TPSA) is 88.5 Å². The van der Waals surface area contributed by atoms with Crippen LogP contribution in [0.2, 0.25) is 0 Å². The van der Waals surface area contributed by atoms with E-state index < -0.39 is 35.8 Å². The van der Waals surface area contributed by atoms with Crippen molar-refractivity contribution in [3.05, 3.63) is 53.3 Å². The highest BCUT2D eigenvalue weighted by atomic mass is 19.1. The first-order valence-electron chi connectivity index (χ1n) is 13.3. The van der Waals surface area contributed by atoms with Gasteiger partial charge < -0.3 is 24.1 Å². The Morgan fingerprint density at radius 1 is 1.13 bits per heavy atom. The highest BCUT2D eigenvalue weighted by molar-refractivity contribution is 5.74. The van der Waals surface area contributed by atoms with E-state index in [0.717, 1.165) is 37.5 Å². The first kappa shape index (κ1) is 27.9. The molecule has 1 saturated heterocycles. The fraction of sp³-hybridized carbons (Fsp3) is 0.517. The lowest BCUT2D eigenvalue weighted by atomic mass is 9.82. The molecule has 2 aliphatic rings. The Labute approximate surface area is 223 Å². The number of rotatable bonds is 13. The number of methoxy groups -OCH3 is 1. The van der Waals surface area contributed by atoms with Crippen molar-refractivity contribution >= 4 is 12.3 Å². The first-order valence-corrected chi connectivity index (χ1v) is 13.3. The molecule has 4 rings (SSSR count). The van der Waals surface area contributed by atoms with Crippen LogP contribution in [0.25, 0.3) is 0 Å². The lowest BCUT2D eigenvalue weighted by molar-refractivity contribution is -0.144. The van der Waals surface area contributed by atoms with E-state index in [4.69, 9.17) is 14.2 Å². The van der Waals surface area contributed by atoms with E-state index in [9.17, 15) is 19.1 Å². The third-order valence-electron chi connectivity index (χ3n) is 7.60. The van der Waals surface area contributed by atoms with Gasteiger partial charge in [-0.05, 0) is 48.2 Å². The summed E-state index contributed by atoms with van der Waals surface area (Å²) in [5.74, 6) is -1.70. The molecule has 2 aliphatic heterocycles. The fourth-order valence-corrected chi connectivity index (χ4v) is 5.65. The summed E-state index contributed by atoms with van der Waals surface area (Å²) in [6.07, 6.45) is 4.02. The third-order valence-corrected chi connectivity index (χ3v) is 7.60. The molecule has 206 valence electrons. The molecule has 0 bridgehead atoms. The van der Waals surface area contributed by atoms with E-state index in [-0.39, 0.29) is 12.5 Å². The number of hydrogen-bond donors (Lipinski definition) is 1. The van der Waals surface area contributed by atoms with Gasteiger partial charge in [0.05, 0.1) is 19.1 Å². The molecule has 1 N–H and O–H groups in total. The van der Waals surface area contributed by atoms with Crippen molar-refractivity contribution in [1.82, 2.24) is 9.80 Å². The summed E-state index contributed by atoms with van der Waals surface area (Å²) in [4.78, 5) is 29.7. The van der Waals surface area contributed by atoms with Gasteiger partial charge in [0, 0.05) is 25.6 Å². The van der Waals surface area contributed by atoms with Crippen LogP contribution in [0.3, 0.4) is 0 Å². The van der Waals surface area contributed by atoms with Gasteiger partial charge in [0.1, 0.15) is 6.17 Å². The molecule has 0 radical (unpaired) electrons. The number of hydrogen-bond acceptors (Lipinski definition) is 7. The Hall–Kier alpha value is -3.17. The van der Waals surface area contributed by atoms with Crippen molar-refractivity contribution in [2.75, 3.05) is 33.5 Å². The minimum atomic E-state index is -1.00. The lowest BCUT2D eigenvalue weighted by Crippen LogP contribution is -2.50. The van der Waals surface area contributed by atoms with Crippen molar-refractivity contribution < 1.29 is 33.3 Å². The zero-order chi connectivity index (χ0) is 27.2. The Kier molecular flexibility index (Phi) is 9.22. The van der Waals surface area contributed by atoms with Gasteiger partial charge in [-0.2, -0.15) is 0 Å². The summed E-state index contributed by atoms with van der Waals surface area (Å²) < 4.78 is 31.0. The second-order valence-corrected chi connectivity index (χ2v) is 9.91. The zero-order valence-electron chi connectivity index (χ0n) is 22.3. The van der Waals surface area contributed by atoms with E-state index in [1.54, 1.807) is 12.1 Å². The Morgan fingerprint density at radius 3 is 2.42 bits per heavy atom. The second-order valence-electron chi connectivity index (χ2n) is 9.91. The highest BCUT2D eigenvalue weighted by Crippen LogP contribution is 2.49. The van der Waals surface area contributed by atoms with E-state index in [1.807, 2.05) is 17.0 Å². The number of fused-ring (bicyclic) bond motifs is 1. The predicted octanol–water partition coefficient (Wildman–Crippen LogP) is 4.83. The van der Waals surface area contributed by atoms with Crippen LogP contribution in [-0.4, -0.2) is 66.9 Å². The summed E-state index contributed by atoms with van der Waals surface area (Å²) in [7, 11) is 1.39. The number of halogens is 1. The first-order chi connectivity index (χ1) is 18.4. The van der Waals surface area contributed by atoms with Crippen LogP contribution in [0.5, 0.6) is 17.2 Å². The number of benzene rings is 2. The molecule has 4 atom stereocenters. The molecular weight excluding hydrogens is 491 g/mol. The minimum absolute atomic E-state index is 0.0805. The van der Waals surface area contributed by atoms with Crippen LogP contribution >= 0.6 is 0 Å². The van der Waals surface area contributed by atoms with Crippen molar-refractivity contribution in [3.63, 3.8) is 0 Å². The molecule has 2 aromatic carbocycles. The molecular formula is C29H37FN2O6. The van der Waals surface area contributed by atoms with E-state index in [0.29, 0.717) is 36.7 Å². The molecule has 8 nitrogen and oxygen atoms in total. The molecule has 4 unspecified atom stereocenters. The predicted molar refractivity (Wildman–Crippen MR) is 140 cm³/mol.